The number of imidazole rings is 1. The summed E-state index contributed by atoms with van der Waals surface area (Å²) in [4.78, 5) is 21.7. The summed E-state index contributed by atoms with van der Waals surface area (Å²) in [5.41, 5.74) is 0.509. The lowest BCUT2D eigenvalue weighted by molar-refractivity contribution is -0.110. The van der Waals surface area contributed by atoms with Crippen LogP contribution in [0.2, 0.25) is 0 Å². The molecule has 114 valence electrons. The lowest BCUT2D eigenvalue weighted by atomic mass is 10.0. The van der Waals surface area contributed by atoms with Crippen molar-refractivity contribution in [2.75, 3.05) is 5.73 Å². The second kappa shape index (κ2) is 3.64. The maximum Gasteiger partial charge on any atom is 0.280 e. The van der Waals surface area contributed by atoms with Crippen molar-refractivity contribution in [3.05, 3.63) is 16.7 Å². The maximum atomic E-state index is 14.7. The van der Waals surface area contributed by atoms with Crippen molar-refractivity contribution >= 4 is 17.1 Å². The van der Waals surface area contributed by atoms with Gasteiger partial charge in [0.1, 0.15) is 18.5 Å². The number of aromatic nitrogens is 4. The maximum absolute atomic E-state index is 14.7. The zero-order valence-corrected chi connectivity index (χ0v) is 10.9. The van der Waals surface area contributed by atoms with Crippen LogP contribution in [0.25, 0.3) is 11.2 Å². The highest BCUT2D eigenvalue weighted by molar-refractivity contribution is 5.71. The van der Waals surface area contributed by atoms with Crippen LogP contribution in [-0.2, 0) is 10.5 Å². The monoisotopic (exact) mass is 307 g/mol. The van der Waals surface area contributed by atoms with Gasteiger partial charge in [-0.1, -0.05) is 0 Å². The van der Waals surface area contributed by atoms with Gasteiger partial charge in [0.15, 0.2) is 22.9 Å². The van der Waals surface area contributed by atoms with Gasteiger partial charge in [-0.2, -0.15) is 4.98 Å². The molecule has 1 unspecified atom stereocenters. The van der Waals surface area contributed by atoms with E-state index >= 15 is 0 Å². The van der Waals surface area contributed by atoms with Gasteiger partial charge in [0.05, 0.1) is 0 Å². The molecule has 1 saturated heterocycles. The van der Waals surface area contributed by atoms with Crippen molar-refractivity contribution in [3.8, 4) is 12.3 Å². The van der Waals surface area contributed by atoms with Gasteiger partial charge < -0.3 is 20.7 Å². The zero-order valence-electron chi connectivity index (χ0n) is 10.9. The fourth-order valence-corrected chi connectivity index (χ4v) is 2.89. The van der Waals surface area contributed by atoms with Crippen LogP contribution in [0.1, 0.15) is 0 Å². The lowest BCUT2D eigenvalue weighted by Gasteiger charge is -2.30. The topological polar surface area (TPSA) is 139 Å². The molecule has 1 aliphatic carbocycles. The van der Waals surface area contributed by atoms with E-state index in [1.165, 1.54) is 0 Å². The van der Waals surface area contributed by atoms with Crippen LogP contribution >= 0.6 is 0 Å². The lowest BCUT2D eigenvalue weighted by Crippen LogP contribution is -2.47. The number of nitrogen functional groups attached to an aromatic ring is 1. The Kier molecular flexibility index (Phi) is 2.18. The molecule has 2 fully saturated rings. The Labute approximate surface area is 121 Å². The number of nitrogens with two attached hydrogens (primary N) is 1. The van der Waals surface area contributed by atoms with E-state index in [2.05, 4.69) is 20.9 Å². The van der Waals surface area contributed by atoms with Crippen LogP contribution in [0.3, 0.4) is 0 Å². The number of H-pyrrole nitrogens is 1. The molecule has 5 atom stereocenters. The predicted molar refractivity (Wildman–Crippen MR) is 70.1 cm³/mol. The fourth-order valence-electron chi connectivity index (χ4n) is 2.89. The van der Waals surface area contributed by atoms with Crippen molar-refractivity contribution in [1.82, 2.24) is 19.5 Å². The summed E-state index contributed by atoms with van der Waals surface area (Å²) in [6, 6.07) is 0. The number of alkyl halides is 1. The number of fused-ring (bicyclic) bond motifs is 2. The van der Waals surface area contributed by atoms with Gasteiger partial charge in [0, 0.05) is 0 Å². The average Bonchev–Trinajstić information content (AvgIpc) is 2.82. The number of rotatable bonds is 1. The number of hydrogen-bond acceptors (Lipinski definition) is 7. The Balaban J connectivity index is 1.96. The molecular weight excluding hydrogens is 297 g/mol. The molecule has 22 heavy (non-hydrogen) atoms. The summed E-state index contributed by atoms with van der Waals surface area (Å²) < 4.78 is 21.1. The van der Waals surface area contributed by atoms with Crippen molar-refractivity contribution in [1.29, 1.82) is 0 Å². The highest BCUT2D eigenvalue weighted by atomic mass is 19.1. The number of ether oxygens (including phenoxy) is 1. The number of nitrogens with one attached hydrogen (secondary N) is 1. The Morgan fingerprint density at radius 2 is 2.36 bits per heavy atom. The Morgan fingerprint density at radius 1 is 1.64 bits per heavy atom. The molecule has 2 aliphatic rings. The molecule has 5 N–H and O–H groups in total. The van der Waals surface area contributed by atoms with Crippen molar-refractivity contribution in [2.45, 2.75) is 29.7 Å². The van der Waals surface area contributed by atoms with Gasteiger partial charge in [0.25, 0.3) is 5.56 Å². The van der Waals surface area contributed by atoms with Gasteiger partial charge in [-0.25, -0.2) is 9.37 Å². The van der Waals surface area contributed by atoms with Gasteiger partial charge in [-0.05, 0) is 5.92 Å². The molecule has 0 aromatic carbocycles. The first-order valence-corrected chi connectivity index (χ1v) is 6.29. The van der Waals surface area contributed by atoms with E-state index < -0.39 is 35.3 Å². The van der Waals surface area contributed by atoms with Crippen LogP contribution in [0, 0.1) is 12.3 Å². The van der Waals surface area contributed by atoms with Gasteiger partial charge in [-0.15, -0.1) is 6.42 Å². The minimum Gasteiger partial charge on any atom is -0.387 e. The molecule has 2 aromatic rings. The molecule has 9 nitrogen and oxygen atoms in total. The highest BCUT2D eigenvalue weighted by Gasteiger charge is 2.82. The average molecular weight is 307 g/mol. The second-order valence-corrected chi connectivity index (χ2v) is 5.31. The number of terminal acetylenes is 1. The quantitative estimate of drug-likeness (QED) is 0.440. The molecule has 0 amide bonds. The van der Waals surface area contributed by atoms with E-state index in [9.17, 15) is 19.4 Å². The van der Waals surface area contributed by atoms with E-state index in [0.717, 1.165) is 10.9 Å². The van der Waals surface area contributed by atoms with Crippen molar-refractivity contribution in [3.63, 3.8) is 0 Å². The molecule has 10 heteroatoms. The first-order valence-electron chi connectivity index (χ1n) is 6.29. The van der Waals surface area contributed by atoms with E-state index in [-0.39, 0.29) is 17.1 Å². The first-order chi connectivity index (χ1) is 10.4. The predicted octanol–water partition coefficient (Wildman–Crippen LogP) is -2.17. The number of hydrogen-bond donors (Lipinski definition) is 4. The summed E-state index contributed by atoms with van der Waals surface area (Å²) in [5.74, 6) is 1.92. The number of aromatic amines is 1. The smallest absolute Gasteiger partial charge is 0.280 e. The van der Waals surface area contributed by atoms with Crippen LogP contribution in [0.15, 0.2) is 11.1 Å². The number of anilines is 1. The van der Waals surface area contributed by atoms with Crippen LogP contribution in [0.4, 0.5) is 10.3 Å². The van der Waals surface area contributed by atoms with Crippen LogP contribution < -0.4 is 11.3 Å². The molecule has 0 bridgehead atoms. The fraction of sp³-hybridized carbons (Fsp3) is 0.417. The number of nitrogens with zero attached hydrogens (tertiary/aromatic N) is 3. The van der Waals surface area contributed by atoms with Gasteiger partial charge in [0.2, 0.25) is 11.7 Å². The number of aliphatic hydroxyl groups excluding tert-OH is 1. The third kappa shape index (κ3) is 1.22. The molecule has 4 rings (SSSR count). The number of halogens is 1. The van der Waals surface area contributed by atoms with Gasteiger partial charge in [-0.3, -0.25) is 14.3 Å². The molecular formula is C12H10FN5O4. The van der Waals surface area contributed by atoms with Crippen molar-refractivity contribution in [2.24, 2.45) is 0 Å². The van der Waals surface area contributed by atoms with E-state index in [1.807, 2.05) is 0 Å². The van der Waals surface area contributed by atoms with Gasteiger partial charge >= 0.3 is 0 Å². The molecule has 2 aromatic heterocycles. The second-order valence-electron chi connectivity index (χ2n) is 5.31. The molecule has 0 radical (unpaired) electrons. The van der Waals surface area contributed by atoms with E-state index in [4.69, 9.17) is 16.9 Å². The van der Waals surface area contributed by atoms with Crippen LogP contribution in [-0.4, -0.2) is 53.7 Å². The molecule has 3 heterocycles. The summed E-state index contributed by atoms with van der Waals surface area (Å²) in [5, 5.41) is 19.6. The molecule has 1 saturated carbocycles. The Morgan fingerprint density at radius 3 is 2.95 bits per heavy atom. The highest BCUT2D eigenvalue weighted by Crippen LogP contribution is 2.57. The SMILES string of the molecule is C#C[C@@]1(n2cnc3c(=O)[nH]c(N)nc32)O[C@@H]2C(O)[C@]2(O)[C@H]1F. The van der Waals surface area contributed by atoms with Crippen LogP contribution in [0.5, 0.6) is 0 Å². The minimum atomic E-state index is -2.13. The minimum absolute atomic E-state index is 0.0822. The van der Waals surface area contributed by atoms with E-state index in [1.54, 1.807) is 0 Å². The standard InChI is InChI=1S/C12H10FN5O4/c1-2-11(9(13)12(21)5(19)6(12)22-11)18-3-15-4-7(18)16-10(14)17-8(4)20/h1,3,5-6,9,19,21H,(H3,14,16,17,20)/t5?,6-,9+,11-,12-/m1/s1. The van der Waals surface area contributed by atoms with E-state index in [0.29, 0.717) is 0 Å². The number of aliphatic hydroxyl groups is 2. The summed E-state index contributed by atoms with van der Waals surface area (Å²) in [6.07, 6.45) is 1.83. The summed E-state index contributed by atoms with van der Waals surface area (Å²) >= 11 is 0. The largest absolute Gasteiger partial charge is 0.387 e. The molecule has 0 spiro atoms. The third-order valence-corrected chi connectivity index (χ3v) is 4.15. The van der Waals surface area contributed by atoms with Crippen molar-refractivity contribution < 1.29 is 19.3 Å². The normalized spacial score (nSPS) is 39.6. The first kappa shape index (κ1) is 13.2. The Bertz CT molecular complexity index is 903. The Hall–Kier alpha value is -2.48. The third-order valence-electron chi connectivity index (χ3n) is 4.15. The summed E-state index contributed by atoms with van der Waals surface area (Å²) in [7, 11) is 0. The molecule has 1 aliphatic heterocycles. The summed E-state index contributed by atoms with van der Waals surface area (Å²) in [6.45, 7) is 0. The zero-order chi connectivity index (χ0) is 15.9.